The van der Waals surface area contributed by atoms with Crippen molar-refractivity contribution in [3.63, 3.8) is 0 Å². The van der Waals surface area contributed by atoms with E-state index in [2.05, 4.69) is 29.9 Å². The quantitative estimate of drug-likeness (QED) is 0.753. The molecule has 1 unspecified atom stereocenters. The van der Waals surface area contributed by atoms with E-state index in [9.17, 15) is 0 Å². The van der Waals surface area contributed by atoms with E-state index in [0.29, 0.717) is 23.4 Å². The van der Waals surface area contributed by atoms with Crippen molar-refractivity contribution in [1.82, 2.24) is 9.97 Å². The zero-order valence-corrected chi connectivity index (χ0v) is 11.9. The molecule has 1 atom stereocenters. The van der Waals surface area contributed by atoms with E-state index in [-0.39, 0.29) is 0 Å². The minimum absolute atomic E-state index is 0.331. The molecule has 19 heavy (non-hydrogen) atoms. The average molecular weight is 277 g/mol. The molecule has 1 aromatic heterocycles. The summed E-state index contributed by atoms with van der Waals surface area (Å²) in [5, 5.41) is 0. The Kier molecular flexibility index (Phi) is 4.74. The number of alkyl halides is 1. The lowest BCUT2D eigenvalue weighted by Gasteiger charge is -2.14. The van der Waals surface area contributed by atoms with Crippen molar-refractivity contribution < 1.29 is 4.74 Å². The predicted octanol–water partition coefficient (Wildman–Crippen LogP) is 4.52. The molecule has 0 aliphatic heterocycles. The maximum atomic E-state index is 5.84. The normalized spacial score (nSPS) is 12.2. The lowest BCUT2D eigenvalue weighted by molar-refractivity contribution is 0.448. The van der Waals surface area contributed by atoms with Crippen LogP contribution >= 0.6 is 11.6 Å². The number of ether oxygens (including phenoxy) is 1. The maximum Gasteiger partial charge on any atom is 0.238 e. The van der Waals surface area contributed by atoms with Crippen molar-refractivity contribution in [3.05, 3.63) is 47.9 Å². The Labute approximate surface area is 118 Å². The molecule has 0 amide bonds. The van der Waals surface area contributed by atoms with Crippen molar-refractivity contribution in [3.8, 4) is 11.6 Å². The Hall–Kier alpha value is -1.61. The smallest absolute Gasteiger partial charge is 0.238 e. The van der Waals surface area contributed by atoms with Crippen molar-refractivity contribution in [2.45, 2.75) is 32.1 Å². The highest BCUT2D eigenvalue weighted by Gasteiger charge is 2.11. The Bertz CT molecular complexity index is 545. The van der Waals surface area contributed by atoms with Gasteiger partial charge in [-0.05, 0) is 24.0 Å². The van der Waals surface area contributed by atoms with Crippen LogP contribution in [0.3, 0.4) is 0 Å². The van der Waals surface area contributed by atoms with Gasteiger partial charge in [0.15, 0.2) is 0 Å². The predicted molar refractivity (Wildman–Crippen MR) is 76.8 cm³/mol. The molecule has 4 heteroatoms. The summed E-state index contributed by atoms with van der Waals surface area (Å²) >= 11 is 5.75. The molecule has 1 heterocycles. The first kappa shape index (κ1) is 13.8. The van der Waals surface area contributed by atoms with Gasteiger partial charge >= 0.3 is 0 Å². The molecule has 0 bridgehead atoms. The average Bonchev–Trinajstić information content (AvgIpc) is 2.47. The van der Waals surface area contributed by atoms with Crippen LogP contribution in [0, 0.1) is 0 Å². The summed E-state index contributed by atoms with van der Waals surface area (Å²) in [6.45, 7) is 4.35. The van der Waals surface area contributed by atoms with Crippen molar-refractivity contribution in [2.24, 2.45) is 0 Å². The lowest BCUT2D eigenvalue weighted by atomic mass is 9.98. The molecular weight excluding hydrogens is 260 g/mol. The van der Waals surface area contributed by atoms with Crippen LogP contribution in [-0.4, -0.2) is 9.97 Å². The van der Waals surface area contributed by atoms with Crippen LogP contribution < -0.4 is 4.74 Å². The fourth-order valence-electron chi connectivity index (χ4n) is 1.81. The van der Waals surface area contributed by atoms with Gasteiger partial charge in [-0.2, -0.15) is 0 Å². The Morgan fingerprint density at radius 2 is 2.05 bits per heavy atom. The first-order valence-corrected chi connectivity index (χ1v) is 6.91. The SMILES string of the molecule is CCC(C)c1ccccc1Oc1cncc(CCl)n1. The van der Waals surface area contributed by atoms with E-state index in [1.807, 2.05) is 18.2 Å². The second-order valence-corrected chi connectivity index (χ2v) is 4.70. The van der Waals surface area contributed by atoms with Gasteiger partial charge in [0, 0.05) is 6.20 Å². The number of aromatic nitrogens is 2. The molecule has 3 nitrogen and oxygen atoms in total. The number of rotatable bonds is 5. The molecule has 0 aliphatic carbocycles. The molecule has 0 radical (unpaired) electrons. The number of para-hydroxylation sites is 1. The monoisotopic (exact) mass is 276 g/mol. The highest BCUT2D eigenvalue weighted by Crippen LogP contribution is 2.31. The fourth-order valence-corrected chi connectivity index (χ4v) is 1.94. The molecule has 2 aromatic rings. The first-order valence-electron chi connectivity index (χ1n) is 6.38. The molecule has 0 saturated heterocycles. The van der Waals surface area contributed by atoms with Crippen LogP contribution in [0.1, 0.15) is 37.4 Å². The molecule has 100 valence electrons. The minimum Gasteiger partial charge on any atom is -0.437 e. The third kappa shape index (κ3) is 3.44. The summed E-state index contributed by atoms with van der Waals surface area (Å²) in [5.74, 6) is 2.09. The molecular formula is C15H17ClN2O. The number of hydrogen-bond acceptors (Lipinski definition) is 3. The second kappa shape index (κ2) is 6.53. The third-order valence-corrected chi connectivity index (χ3v) is 3.35. The maximum absolute atomic E-state index is 5.84. The Balaban J connectivity index is 2.27. The number of hydrogen-bond donors (Lipinski definition) is 0. The van der Waals surface area contributed by atoms with E-state index < -0.39 is 0 Å². The molecule has 2 rings (SSSR count). The van der Waals surface area contributed by atoms with Crippen LogP contribution in [0.15, 0.2) is 36.7 Å². The largest absolute Gasteiger partial charge is 0.437 e. The van der Waals surface area contributed by atoms with Gasteiger partial charge in [0.2, 0.25) is 5.88 Å². The van der Waals surface area contributed by atoms with Crippen LogP contribution in [0.5, 0.6) is 11.6 Å². The van der Waals surface area contributed by atoms with Crippen molar-refractivity contribution >= 4 is 11.6 Å². The highest BCUT2D eigenvalue weighted by molar-refractivity contribution is 6.16. The topological polar surface area (TPSA) is 35.0 Å². The van der Waals surface area contributed by atoms with Gasteiger partial charge in [0.05, 0.1) is 17.8 Å². The van der Waals surface area contributed by atoms with Gasteiger partial charge in [-0.25, -0.2) is 4.98 Å². The van der Waals surface area contributed by atoms with Crippen LogP contribution in [-0.2, 0) is 5.88 Å². The van der Waals surface area contributed by atoms with Gasteiger partial charge in [0.25, 0.3) is 0 Å². The van der Waals surface area contributed by atoms with Crippen LogP contribution in [0.25, 0.3) is 0 Å². The van der Waals surface area contributed by atoms with Crippen molar-refractivity contribution in [2.75, 3.05) is 0 Å². The van der Waals surface area contributed by atoms with Crippen molar-refractivity contribution in [1.29, 1.82) is 0 Å². The Morgan fingerprint density at radius 3 is 2.79 bits per heavy atom. The van der Waals surface area contributed by atoms with E-state index >= 15 is 0 Å². The fraction of sp³-hybridized carbons (Fsp3) is 0.333. The van der Waals surface area contributed by atoms with E-state index in [4.69, 9.17) is 16.3 Å². The van der Waals surface area contributed by atoms with Gasteiger partial charge in [-0.15, -0.1) is 11.6 Å². The summed E-state index contributed by atoms with van der Waals surface area (Å²) < 4.78 is 5.84. The summed E-state index contributed by atoms with van der Waals surface area (Å²) in [7, 11) is 0. The molecule has 0 aliphatic rings. The minimum atomic E-state index is 0.331. The highest BCUT2D eigenvalue weighted by atomic mass is 35.5. The zero-order valence-electron chi connectivity index (χ0n) is 11.1. The summed E-state index contributed by atoms with van der Waals surface area (Å²) in [5.41, 5.74) is 1.89. The summed E-state index contributed by atoms with van der Waals surface area (Å²) in [6, 6.07) is 8.02. The lowest BCUT2D eigenvalue weighted by Crippen LogP contribution is -1.98. The number of nitrogens with zero attached hydrogens (tertiary/aromatic N) is 2. The second-order valence-electron chi connectivity index (χ2n) is 4.43. The first-order chi connectivity index (χ1) is 9.24. The summed E-state index contributed by atoms with van der Waals surface area (Å²) in [6.07, 6.45) is 4.30. The van der Waals surface area contributed by atoms with Gasteiger partial charge in [-0.3, -0.25) is 4.98 Å². The van der Waals surface area contributed by atoms with E-state index in [1.165, 1.54) is 5.56 Å². The van der Waals surface area contributed by atoms with Crippen LogP contribution in [0.2, 0.25) is 0 Å². The Morgan fingerprint density at radius 1 is 1.26 bits per heavy atom. The summed E-state index contributed by atoms with van der Waals surface area (Å²) in [4.78, 5) is 8.37. The third-order valence-electron chi connectivity index (χ3n) is 3.08. The molecule has 0 saturated carbocycles. The molecule has 0 N–H and O–H groups in total. The standard InChI is InChI=1S/C15H17ClN2O/c1-3-11(2)13-6-4-5-7-14(13)19-15-10-17-9-12(8-16)18-15/h4-7,9-11H,3,8H2,1-2H3. The number of halogens is 1. The molecule has 0 fully saturated rings. The van der Waals surface area contributed by atoms with E-state index in [0.717, 1.165) is 12.2 Å². The molecule has 1 aromatic carbocycles. The van der Waals surface area contributed by atoms with Gasteiger partial charge < -0.3 is 4.74 Å². The number of benzene rings is 1. The van der Waals surface area contributed by atoms with Gasteiger partial charge in [0.1, 0.15) is 5.75 Å². The van der Waals surface area contributed by atoms with E-state index in [1.54, 1.807) is 12.4 Å². The van der Waals surface area contributed by atoms with Gasteiger partial charge in [-0.1, -0.05) is 32.0 Å². The van der Waals surface area contributed by atoms with Crippen LogP contribution in [0.4, 0.5) is 0 Å². The molecule has 0 spiro atoms. The zero-order chi connectivity index (χ0) is 13.7.